The van der Waals surface area contributed by atoms with E-state index in [0.717, 1.165) is 40.6 Å². The fourth-order valence-electron chi connectivity index (χ4n) is 2.39. The van der Waals surface area contributed by atoms with E-state index in [1.807, 2.05) is 36.4 Å². The Morgan fingerprint density at radius 1 is 0.917 bits per heavy atom. The quantitative estimate of drug-likeness (QED) is 0.486. The summed E-state index contributed by atoms with van der Waals surface area (Å²) in [7, 11) is 0. The van der Waals surface area contributed by atoms with Gasteiger partial charge >= 0.3 is 0 Å². The highest BCUT2D eigenvalue weighted by molar-refractivity contribution is 7.19. The number of carbonyl (C=O) groups is 1. The molecule has 0 fully saturated rings. The maximum atomic E-state index is 10.3. The van der Waals surface area contributed by atoms with Gasteiger partial charge in [0.2, 0.25) is 0 Å². The average molecular weight is 337 g/mol. The summed E-state index contributed by atoms with van der Waals surface area (Å²) in [4.78, 5) is 16.2. The van der Waals surface area contributed by atoms with E-state index in [9.17, 15) is 4.79 Å². The molecule has 0 saturated heterocycles. The van der Waals surface area contributed by atoms with Gasteiger partial charge in [0.05, 0.1) is 17.1 Å². The monoisotopic (exact) mass is 337 g/mol. The zero-order valence-electron chi connectivity index (χ0n) is 13.2. The Morgan fingerprint density at radius 2 is 1.58 bits per heavy atom. The van der Waals surface area contributed by atoms with E-state index in [4.69, 9.17) is 4.98 Å². The molecule has 24 heavy (non-hydrogen) atoms. The lowest BCUT2D eigenvalue weighted by Gasteiger charge is -2.02. The molecule has 3 rings (SSSR count). The lowest BCUT2D eigenvalue weighted by molar-refractivity contribution is -0.107. The fourth-order valence-corrected chi connectivity index (χ4v) is 3.41. The van der Waals surface area contributed by atoms with Crippen LogP contribution >= 0.6 is 11.3 Å². The van der Waals surface area contributed by atoms with Crippen LogP contribution in [-0.4, -0.2) is 30.9 Å². The molecule has 122 valence electrons. The fraction of sp³-hybridized carbons (Fsp3) is 0.158. The number of nitrogens with one attached hydrogen (secondary N) is 2. The summed E-state index contributed by atoms with van der Waals surface area (Å²) < 4.78 is 0. The Bertz CT molecular complexity index is 715. The Morgan fingerprint density at radius 3 is 2.25 bits per heavy atom. The molecule has 0 aliphatic carbocycles. The minimum absolute atomic E-state index is 0.379. The van der Waals surface area contributed by atoms with Crippen molar-refractivity contribution in [3.8, 4) is 21.7 Å². The summed E-state index contributed by atoms with van der Waals surface area (Å²) in [6.07, 6.45) is 0.865. The Labute approximate surface area is 145 Å². The number of aromatic nitrogens is 1. The second-order valence-electron chi connectivity index (χ2n) is 5.23. The van der Waals surface area contributed by atoms with Crippen LogP contribution in [0, 0.1) is 0 Å². The van der Waals surface area contributed by atoms with Crippen LogP contribution in [0.2, 0.25) is 0 Å². The minimum atomic E-state index is 0.379. The summed E-state index contributed by atoms with van der Waals surface area (Å²) in [5.74, 6) is 0. The molecule has 2 aromatic carbocycles. The maximum Gasteiger partial charge on any atom is 0.183 e. The van der Waals surface area contributed by atoms with E-state index >= 15 is 0 Å². The second-order valence-corrected chi connectivity index (χ2v) is 6.23. The van der Waals surface area contributed by atoms with E-state index in [0.29, 0.717) is 6.54 Å². The molecule has 0 atom stereocenters. The molecule has 0 radical (unpaired) electrons. The van der Waals surface area contributed by atoms with E-state index in [2.05, 4.69) is 34.9 Å². The number of nitrogens with zero attached hydrogens (tertiary/aromatic N) is 1. The zero-order chi connectivity index (χ0) is 16.6. The van der Waals surface area contributed by atoms with Gasteiger partial charge in [-0.05, 0) is 5.56 Å². The molecule has 0 bridgehead atoms. The minimum Gasteiger partial charge on any atom is -0.360 e. The predicted molar refractivity (Wildman–Crippen MR) is 100 cm³/mol. The number of carbonyl (C=O) groups excluding carboxylic acids is 1. The van der Waals surface area contributed by atoms with Gasteiger partial charge in [0.15, 0.2) is 5.13 Å². The molecule has 0 amide bonds. The van der Waals surface area contributed by atoms with E-state index in [1.165, 1.54) is 5.56 Å². The highest BCUT2D eigenvalue weighted by Gasteiger charge is 2.14. The Kier molecular flexibility index (Phi) is 5.71. The second kappa shape index (κ2) is 8.38. The number of benzene rings is 2. The van der Waals surface area contributed by atoms with Gasteiger partial charge < -0.3 is 15.4 Å². The highest BCUT2D eigenvalue weighted by Crippen LogP contribution is 2.38. The van der Waals surface area contributed by atoms with Crippen molar-refractivity contribution in [2.75, 3.05) is 25.0 Å². The van der Waals surface area contributed by atoms with Crippen molar-refractivity contribution < 1.29 is 4.79 Å². The molecule has 1 heterocycles. The molecule has 5 heteroatoms. The Balaban J connectivity index is 1.84. The molecule has 2 N–H and O–H groups in total. The molecular formula is C19H19N3OS. The lowest BCUT2D eigenvalue weighted by Crippen LogP contribution is -2.23. The van der Waals surface area contributed by atoms with Crippen LogP contribution in [0.3, 0.4) is 0 Å². The van der Waals surface area contributed by atoms with E-state index in [1.54, 1.807) is 11.3 Å². The van der Waals surface area contributed by atoms with Crippen LogP contribution in [0.4, 0.5) is 5.13 Å². The van der Waals surface area contributed by atoms with Gasteiger partial charge in [0.1, 0.15) is 6.29 Å². The molecule has 0 unspecified atom stereocenters. The third kappa shape index (κ3) is 4.07. The largest absolute Gasteiger partial charge is 0.360 e. The lowest BCUT2D eigenvalue weighted by atomic mass is 10.1. The van der Waals surface area contributed by atoms with Gasteiger partial charge in [-0.2, -0.15) is 0 Å². The smallest absolute Gasteiger partial charge is 0.183 e. The molecule has 4 nitrogen and oxygen atoms in total. The molecule has 0 saturated carbocycles. The SMILES string of the molecule is O=CCNCCNc1nc(-c2ccccc2)c(-c2ccccc2)s1. The van der Waals surface area contributed by atoms with Gasteiger partial charge in [0, 0.05) is 18.7 Å². The molecule has 1 aromatic heterocycles. The van der Waals surface area contributed by atoms with Crippen LogP contribution in [0.5, 0.6) is 0 Å². The van der Waals surface area contributed by atoms with Crippen molar-refractivity contribution in [3.63, 3.8) is 0 Å². The summed E-state index contributed by atoms with van der Waals surface area (Å²) in [5, 5.41) is 7.26. The topological polar surface area (TPSA) is 54.0 Å². The number of aldehydes is 1. The number of anilines is 1. The Hall–Kier alpha value is -2.50. The summed E-state index contributed by atoms with van der Waals surface area (Å²) >= 11 is 1.65. The normalized spacial score (nSPS) is 10.5. The first-order valence-corrected chi connectivity index (χ1v) is 8.70. The number of hydrogen-bond donors (Lipinski definition) is 2. The van der Waals surface area contributed by atoms with Gasteiger partial charge in [-0.3, -0.25) is 0 Å². The highest BCUT2D eigenvalue weighted by atomic mass is 32.1. The maximum absolute atomic E-state index is 10.3. The van der Waals surface area contributed by atoms with Gasteiger partial charge in [0.25, 0.3) is 0 Å². The zero-order valence-corrected chi connectivity index (χ0v) is 14.1. The number of hydrogen-bond acceptors (Lipinski definition) is 5. The van der Waals surface area contributed by atoms with Gasteiger partial charge in [-0.1, -0.05) is 72.0 Å². The van der Waals surface area contributed by atoms with Crippen LogP contribution in [0.1, 0.15) is 0 Å². The van der Waals surface area contributed by atoms with Crippen LogP contribution in [0.15, 0.2) is 60.7 Å². The van der Waals surface area contributed by atoms with Crippen LogP contribution in [0.25, 0.3) is 21.7 Å². The number of thiazole rings is 1. The third-order valence-electron chi connectivity index (χ3n) is 3.52. The first-order valence-electron chi connectivity index (χ1n) is 7.88. The van der Waals surface area contributed by atoms with Crippen molar-refractivity contribution in [3.05, 3.63) is 60.7 Å². The molecule has 3 aromatic rings. The molecule has 0 aliphatic heterocycles. The van der Waals surface area contributed by atoms with Gasteiger partial charge in [-0.25, -0.2) is 4.98 Å². The van der Waals surface area contributed by atoms with Crippen LogP contribution in [-0.2, 0) is 4.79 Å². The van der Waals surface area contributed by atoms with E-state index in [-0.39, 0.29) is 0 Å². The first kappa shape index (κ1) is 16.4. The van der Waals surface area contributed by atoms with E-state index < -0.39 is 0 Å². The first-order chi connectivity index (χ1) is 11.9. The number of rotatable bonds is 8. The average Bonchev–Trinajstić information content (AvgIpc) is 3.07. The van der Waals surface area contributed by atoms with Crippen LogP contribution < -0.4 is 10.6 Å². The predicted octanol–water partition coefficient (Wildman–Crippen LogP) is 3.68. The molecule has 0 spiro atoms. The summed E-state index contributed by atoms with van der Waals surface area (Å²) in [6, 6.07) is 20.5. The van der Waals surface area contributed by atoms with Crippen molar-refractivity contribution in [2.45, 2.75) is 0 Å². The van der Waals surface area contributed by atoms with Crippen molar-refractivity contribution in [1.82, 2.24) is 10.3 Å². The third-order valence-corrected chi connectivity index (χ3v) is 4.58. The van der Waals surface area contributed by atoms with Gasteiger partial charge in [-0.15, -0.1) is 0 Å². The molecule has 0 aliphatic rings. The standard InChI is InChI=1S/C19H19N3OS/c23-14-13-20-11-12-21-19-22-17(15-7-3-1-4-8-15)18(24-19)16-9-5-2-6-10-16/h1-10,14,20H,11-13H2,(H,21,22). The van der Waals surface area contributed by atoms with Crippen molar-refractivity contribution in [1.29, 1.82) is 0 Å². The molecular weight excluding hydrogens is 318 g/mol. The van der Waals surface area contributed by atoms with Crippen molar-refractivity contribution in [2.24, 2.45) is 0 Å². The summed E-state index contributed by atoms with van der Waals surface area (Å²) in [6.45, 7) is 1.83. The van der Waals surface area contributed by atoms with Crippen molar-refractivity contribution >= 4 is 22.8 Å². The summed E-state index contributed by atoms with van der Waals surface area (Å²) in [5.41, 5.74) is 3.27.